The lowest BCUT2D eigenvalue weighted by Crippen LogP contribution is -2.28. The van der Waals surface area contributed by atoms with Crippen molar-refractivity contribution in [1.82, 2.24) is 0 Å². The highest BCUT2D eigenvalue weighted by Crippen LogP contribution is 2.49. The fourth-order valence-corrected chi connectivity index (χ4v) is 6.63. The van der Waals surface area contributed by atoms with Crippen LogP contribution in [0.2, 0.25) is 5.02 Å². The number of aliphatic imine (C=N–C) groups is 1. The topological polar surface area (TPSA) is 42.8 Å². The zero-order valence-electron chi connectivity index (χ0n) is 22.2. The van der Waals surface area contributed by atoms with E-state index in [-0.39, 0.29) is 6.04 Å². The molecule has 0 saturated carbocycles. The molecule has 6 heteroatoms. The average Bonchev–Trinajstić information content (AvgIpc) is 3.46. The normalized spacial score (nSPS) is 19.2. The molecule has 0 amide bonds. The summed E-state index contributed by atoms with van der Waals surface area (Å²) in [6.07, 6.45) is 7.68. The Morgan fingerprint density at radius 3 is 2.67 bits per heavy atom. The average molecular weight is 661 g/mol. The number of ether oxygens (including phenoxy) is 2. The maximum Gasteiger partial charge on any atom is 0.175 e. The van der Waals surface area contributed by atoms with Gasteiger partial charge in [-0.05, 0) is 107 Å². The maximum atomic E-state index is 6.16. The molecule has 0 radical (unpaired) electrons. The third kappa shape index (κ3) is 5.77. The first kappa shape index (κ1) is 26.9. The molecule has 0 spiro atoms. The van der Waals surface area contributed by atoms with Gasteiger partial charge in [0.2, 0.25) is 0 Å². The Kier molecular flexibility index (Phi) is 8.12. The van der Waals surface area contributed by atoms with Gasteiger partial charge in [-0.3, -0.25) is 4.99 Å². The maximum absolute atomic E-state index is 6.16. The summed E-state index contributed by atoms with van der Waals surface area (Å²) in [4.78, 5) is 4.77. The number of allylic oxidation sites excluding steroid dienone is 2. The fourth-order valence-electron chi connectivity index (χ4n) is 5.64. The van der Waals surface area contributed by atoms with Crippen molar-refractivity contribution in [3.8, 4) is 11.5 Å². The van der Waals surface area contributed by atoms with Crippen LogP contribution in [0.3, 0.4) is 0 Å². The van der Waals surface area contributed by atoms with Crippen molar-refractivity contribution < 1.29 is 9.47 Å². The molecule has 2 aliphatic rings. The van der Waals surface area contributed by atoms with Crippen molar-refractivity contribution in [2.75, 3.05) is 11.9 Å². The minimum atomic E-state index is 0.280. The number of nitrogens with zero attached hydrogens (tertiary/aromatic N) is 1. The Hall–Kier alpha value is -3.29. The van der Waals surface area contributed by atoms with E-state index in [1.54, 1.807) is 0 Å². The molecule has 4 nitrogen and oxygen atoms in total. The van der Waals surface area contributed by atoms with Crippen molar-refractivity contribution in [2.24, 2.45) is 10.9 Å². The Balaban J connectivity index is 1.18. The lowest BCUT2D eigenvalue weighted by atomic mass is 9.77. The van der Waals surface area contributed by atoms with E-state index < -0.39 is 0 Å². The van der Waals surface area contributed by atoms with Crippen LogP contribution in [-0.2, 0) is 6.61 Å². The minimum absolute atomic E-state index is 0.280. The van der Waals surface area contributed by atoms with Crippen LogP contribution < -0.4 is 14.8 Å². The monoisotopic (exact) mass is 660 g/mol. The number of hydrogen-bond donors (Lipinski definition) is 1. The van der Waals surface area contributed by atoms with E-state index in [4.69, 9.17) is 26.1 Å². The van der Waals surface area contributed by atoms with E-state index in [0.29, 0.717) is 35.8 Å². The van der Waals surface area contributed by atoms with Crippen LogP contribution in [0.15, 0.2) is 102 Å². The summed E-state index contributed by atoms with van der Waals surface area (Å²) in [5, 5.41) is 4.50. The summed E-state index contributed by atoms with van der Waals surface area (Å²) in [5.41, 5.74) is 6.81. The van der Waals surface area contributed by atoms with Gasteiger partial charge < -0.3 is 14.8 Å². The molecule has 202 valence electrons. The van der Waals surface area contributed by atoms with E-state index in [0.717, 1.165) is 32.6 Å². The Bertz CT molecular complexity index is 1570. The third-order valence-electron chi connectivity index (χ3n) is 7.49. The first-order valence-corrected chi connectivity index (χ1v) is 15.0. The largest absolute Gasteiger partial charge is 0.490 e. The Morgan fingerprint density at radius 2 is 1.85 bits per heavy atom. The first-order chi connectivity index (χ1) is 19.6. The van der Waals surface area contributed by atoms with Crippen LogP contribution in [0.5, 0.6) is 11.5 Å². The van der Waals surface area contributed by atoms with Gasteiger partial charge in [0.15, 0.2) is 11.5 Å². The van der Waals surface area contributed by atoms with Gasteiger partial charge in [-0.25, -0.2) is 0 Å². The van der Waals surface area contributed by atoms with E-state index in [2.05, 4.69) is 94.7 Å². The summed E-state index contributed by atoms with van der Waals surface area (Å²) in [6.45, 7) is 2.93. The molecule has 1 aliphatic heterocycles. The highest BCUT2D eigenvalue weighted by atomic mass is 127. The predicted octanol–water partition coefficient (Wildman–Crippen LogP) is 9.50. The van der Waals surface area contributed by atoms with Crippen LogP contribution in [0.4, 0.5) is 11.4 Å². The number of para-hydroxylation sites is 1. The lowest BCUT2D eigenvalue weighted by Gasteiger charge is -2.37. The summed E-state index contributed by atoms with van der Waals surface area (Å²) < 4.78 is 13.1. The lowest BCUT2D eigenvalue weighted by molar-refractivity contribution is 0.267. The van der Waals surface area contributed by atoms with E-state index in [1.165, 1.54) is 16.8 Å². The van der Waals surface area contributed by atoms with Crippen molar-refractivity contribution in [2.45, 2.75) is 31.9 Å². The Morgan fingerprint density at radius 1 is 1.00 bits per heavy atom. The van der Waals surface area contributed by atoms with Gasteiger partial charge in [-0.1, -0.05) is 66.2 Å². The van der Waals surface area contributed by atoms with Gasteiger partial charge >= 0.3 is 0 Å². The summed E-state index contributed by atoms with van der Waals surface area (Å²) >= 11 is 8.42. The molecule has 1 N–H and O–H groups in total. The second-order valence-electron chi connectivity index (χ2n) is 10.1. The number of halogens is 2. The molecule has 4 aromatic rings. The van der Waals surface area contributed by atoms with E-state index in [9.17, 15) is 0 Å². The second kappa shape index (κ2) is 12.1. The van der Waals surface area contributed by atoms with Gasteiger partial charge in [-0.15, -0.1) is 0 Å². The number of anilines is 1. The van der Waals surface area contributed by atoms with Crippen molar-refractivity contribution in [3.05, 3.63) is 128 Å². The molecular formula is C34H30ClIN2O2. The van der Waals surface area contributed by atoms with Gasteiger partial charge in [0.05, 0.1) is 21.9 Å². The number of hydrogen-bond acceptors (Lipinski definition) is 4. The number of rotatable bonds is 8. The molecular weight excluding hydrogens is 631 g/mol. The third-order valence-corrected chi connectivity index (χ3v) is 8.53. The van der Waals surface area contributed by atoms with Gasteiger partial charge in [0.25, 0.3) is 0 Å². The standard InChI is InChI=1S/C34H30ClIN2O2/c1-2-39-32-19-23(18-30(36)34(32)40-21-22-7-5-8-25(35)17-22)20-37-26-15-13-24(14-16-26)33-29-11-6-10-27(29)28-9-3-4-12-31(28)38-33/h3-10,12-20,27,29,33,38H,2,11,21H2,1H3/t27-,29-,33-/m0/s1. The molecule has 0 saturated heterocycles. The molecule has 0 unspecified atom stereocenters. The molecule has 1 heterocycles. The molecule has 1 aliphatic carbocycles. The van der Waals surface area contributed by atoms with Crippen molar-refractivity contribution >= 4 is 51.8 Å². The van der Waals surface area contributed by atoms with E-state index in [1.807, 2.05) is 43.5 Å². The van der Waals surface area contributed by atoms with Crippen molar-refractivity contribution in [3.63, 3.8) is 0 Å². The number of fused-ring (bicyclic) bond motifs is 3. The molecule has 3 atom stereocenters. The van der Waals surface area contributed by atoms with Gasteiger partial charge in [-0.2, -0.15) is 0 Å². The number of nitrogens with one attached hydrogen (secondary N) is 1. The van der Waals surface area contributed by atoms with E-state index >= 15 is 0 Å². The fraction of sp³-hybridized carbons (Fsp3) is 0.206. The SMILES string of the molecule is CCOc1cc(C=Nc2ccc([C@@H]3Nc4ccccc4[C@@H]4C=CC[C@@H]43)cc2)cc(I)c1OCc1cccc(Cl)c1. The summed E-state index contributed by atoms with van der Waals surface area (Å²) in [6, 6.07) is 29.3. The molecule has 0 aromatic heterocycles. The molecule has 0 fully saturated rings. The zero-order valence-corrected chi connectivity index (χ0v) is 25.1. The van der Waals surface area contributed by atoms with Crippen LogP contribution in [0.25, 0.3) is 0 Å². The van der Waals surface area contributed by atoms with Crippen LogP contribution in [-0.4, -0.2) is 12.8 Å². The smallest absolute Gasteiger partial charge is 0.175 e. The quantitative estimate of drug-likeness (QED) is 0.116. The molecule has 6 rings (SSSR count). The van der Waals surface area contributed by atoms with Crippen LogP contribution in [0.1, 0.15) is 47.6 Å². The second-order valence-corrected chi connectivity index (χ2v) is 11.7. The zero-order chi connectivity index (χ0) is 27.5. The number of benzene rings is 4. The summed E-state index contributed by atoms with van der Waals surface area (Å²) in [7, 11) is 0. The van der Waals surface area contributed by atoms with Crippen LogP contribution in [0, 0.1) is 9.49 Å². The van der Waals surface area contributed by atoms with Crippen LogP contribution >= 0.6 is 34.2 Å². The molecule has 0 bridgehead atoms. The highest BCUT2D eigenvalue weighted by molar-refractivity contribution is 14.1. The Labute approximate surface area is 254 Å². The molecule has 4 aromatic carbocycles. The first-order valence-electron chi connectivity index (χ1n) is 13.6. The molecule has 40 heavy (non-hydrogen) atoms. The highest BCUT2D eigenvalue weighted by Gasteiger charge is 2.37. The van der Waals surface area contributed by atoms with Gasteiger partial charge in [0, 0.05) is 22.8 Å². The minimum Gasteiger partial charge on any atom is -0.490 e. The van der Waals surface area contributed by atoms with Gasteiger partial charge in [0.1, 0.15) is 6.61 Å². The summed E-state index contributed by atoms with van der Waals surface area (Å²) in [5.74, 6) is 2.43. The predicted molar refractivity (Wildman–Crippen MR) is 173 cm³/mol. The van der Waals surface area contributed by atoms with Crippen molar-refractivity contribution in [1.29, 1.82) is 0 Å².